The van der Waals surface area contributed by atoms with Crippen LogP contribution in [0.5, 0.6) is 0 Å². The number of rotatable bonds is 8. The molecule has 0 saturated heterocycles. The highest BCUT2D eigenvalue weighted by molar-refractivity contribution is 14.0. The summed E-state index contributed by atoms with van der Waals surface area (Å²) in [7, 11) is 0. The van der Waals surface area contributed by atoms with Crippen molar-refractivity contribution in [3.63, 3.8) is 0 Å². The Kier molecular flexibility index (Phi) is 10.1. The summed E-state index contributed by atoms with van der Waals surface area (Å²) in [5.74, 6) is 1.57. The van der Waals surface area contributed by atoms with Gasteiger partial charge in [0, 0.05) is 35.8 Å². The number of hydrogen-bond acceptors (Lipinski definition) is 4. The summed E-state index contributed by atoms with van der Waals surface area (Å²) >= 11 is 12.0. The smallest absolute Gasteiger partial charge is 0.191 e. The predicted octanol–water partition coefficient (Wildman–Crippen LogP) is 3.88. The number of nitrogens with one attached hydrogen (secondary N) is 2. The van der Waals surface area contributed by atoms with Crippen molar-refractivity contribution < 1.29 is 5.11 Å². The number of guanidine groups is 1. The zero-order valence-corrected chi connectivity index (χ0v) is 20.4. The van der Waals surface area contributed by atoms with E-state index in [1.165, 1.54) is 0 Å². The molecule has 10 heteroatoms. The maximum atomic E-state index is 10.4. The molecule has 0 aliphatic carbocycles. The second-order valence-electron chi connectivity index (χ2n) is 6.51. The molecule has 7 nitrogen and oxygen atoms in total. The van der Waals surface area contributed by atoms with Crippen molar-refractivity contribution in [1.82, 2.24) is 25.2 Å². The van der Waals surface area contributed by atoms with Crippen LogP contribution in [0.4, 0.5) is 0 Å². The maximum Gasteiger partial charge on any atom is 0.191 e. The van der Waals surface area contributed by atoms with Crippen LogP contribution in [-0.2, 0) is 6.42 Å². The zero-order chi connectivity index (χ0) is 20.6. The summed E-state index contributed by atoms with van der Waals surface area (Å²) in [6, 6.07) is 10.9. The lowest BCUT2D eigenvalue weighted by Gasteiger charge is -2.13. The van der Waals surface area contributed by atoms with Gasteiger partial charge in [-0.15, -0.1) is 34.2 Å². The molecule has 3 rings (SSSR count). The Labute approximate surface area is 202 Å². The normalized spacial score (nSPS) is 12.5. The first-order chi connectivity index (χ1) is 14.1. The molecule has 0 amide bonds. The molecule has 1 unspecified atom stereocenters. The van der Waals surface area contributed by atoms with Crippen LogP contribution >= 0.6 is 47.2 Å². The van der Waals surface area contributed by atoms with E-state index < -0.39 is 6.10 Å². The van der Waals surface area contributed by atoms with Gasteiger partial charge in [0.2, 0.25) is 0 Å². The molecular formula is C20H25Cl2IN6O. The van der Waals surface area contributed by atoms with Gasteiger partial charge in [0.05, 0.1) is 12.6 Å². The van der Waals surface area contributed by atoms with Gasteiger partial charge < -0.3 is 15.7 Å². The van der Waals surface area contributed by atoms with Crippen LogP contribution in [0, 0.1) is 0 Å². The summed E-state index contributed by atoms with van der Waals surface area (Å²) in [4.78, 5) is 4.46. The largest absolute Gasteiger partial charge is 0.386 e. The average Bonchev–Trinajstić information content (AvgIpc) is 3.11. The Balaban J connectivity index is 0.00000320. The Morgan fingerprint density at radius 2 is 1.93 bits per heavy atom. The fourth-order valence-electron chi connectivity index (χ4n) is 2.91. The third-order valence-electron chi connectivity index (χ3n) is 4.29. The summed E-state index contributed by atoms with van der Waals surface area (Å²) in [6.07, 6.45) is 2.84. The second-order valence-corrected chi connectivity index (χ2v) is 7.39. The van der Waals surface area contributed by atoms with E-state index in [-0.39, 0.29) is 30.5 Å². The van der Waals surface area contributed by atoms with E-state index in [1.807, 2.05) is 35.7 Å². The number of aliphatic hydroxyl groups is 1. The molecule has 3 aromatic rings. The van der Waals surface area contributed by atoms with Crippen LogP contribution in [0.15, 0.2) is 47.6 Å². The van der Waals surface area contributed by atoms with Crippen molar-refractivity contribution in [1.29, 1.82) is 0 Å². The predicted molar refractivity (Wildman–Crippen MR) is 132 cm³/mol. The van der Waals surface area contributed by atoms with Crippen molar-refractivity contribution in [2.24, 2.45) is 4.99 Å². The third kappa shape index (κ3) is 6.97. The van der Waals surface area contributed by atoms with Gasteiger partial charge in [0.25, 0.3) is 0 Å². The van der Waals surface area contributed by atoms with E-state index in [0.717, 1.165) is 30.9 Å². The Hall–Kier alpha value is -1.62. The summed E-state index contributed by atoms with van der Waals surface area (Å²) in [6.45, 7) is 3.62. The first kappa shape index (κ1) is 24.6. The number of pyridine rings is 1. The third-order valence-corrected chi connectivity index (χ3v) is 4.73. The lowest BCUT2D eigenvalue weighted by atomic mass is 10.1. The van der Waals surface area contributed by atoms with Gasteiger partial charge in [-0.05, 0) is 49.2 Å². The van der Waals surface area contributed by atoms with Gasteiger partial charge in [-0.2, -0.15) is 0 Å². The van der Waals surface area contributed by atoms with E-state index in [9.17, 15) is 5.11 Å². The van der Waals surface area contributed by atoms with Crippen LogP contribution in [-0.4, -0.2) is 45.3 Å². The topological polar surface area (TPSA) is 86.8 Å². The molecule has 0 radical (unpaired) electrons. The van der Waals surface area contributed by atoms with Gasteiger partial charge in [0.15, 0.2) is 11.6 Å². The molecule has 3 N–H and O–H groups in total. The standard InChI is InChI=1S/C20H24Cl2N6O.HI/c1-2-23-20(25-13-17(29)14-10-15(21)12-16(22)11-14)24-8-5-7-19-27-26-18-6-3-4-9-28(18)19;/h3-4,6,9-12,17,29H,2,5,7-8,13H2,1H3,(H2,23,24,25);1H. The Morgan fingerprint density at radius 1 is 1.17 bits per heavy atom. The van der Waals surface area contributed by atoms with Crippen molar-refractivity contribution in [2.75, 3.05) is 19.6 Å². The molecule has 0 aliphatic rings. The van der Waals surface area contributed by atoms with Gasteiger partial charge in [0.1, 0.15) is 5.82 Å². The fraction of sp³-hybridized carbons (Fsp3) is 0.350. The minimum atomic E-state index is -0.788. The minimum Gasteiger partial charge on any atom is -0.386 e. The van der Waals surface area contributed by atoms with Crippen molar-refractivity contribution in [3.05, 3.63) is 64.0 Å². The molecule has 1 atom stereocenters. The number of aliphatic hydroxyl groups excluding tert-OH is 1. The molecule has 2 heterocycles. The number of hydrogen-bond donors (Lipinski definition) is 3. The van der Waals surface area contributed by atoms with Crippen LogP contribution in [0.25, 0.3) is 5.65 Å². The van der Waals surface area contributed by atoms with E-state index in [2.05, 4.69) is 25.8 Å². The lowest BCUT2D eigenvalue weighted by Crippen LogP contribution is -2.38. The number of aliphatic imine (C=N–C) groups is 1. The SMILES string of the molecule is CCNC(=NCC(O)c1cc(Cl)cc(Cl)c1)NCCCc1nnc2ccccn12.I. The average molecular weight is 563 g/mol. The van der Waals surface area contributed by atoms with Crippen LogP contribution in [0.1, 0.15) is 30.8 Å². The number of aryl methyl sites for hydroxylation is 1. The molecule has 0 aliphatic heterocycles. The molecule has 162 valence electrons. The van der Waals surface area contributed by atoms with Crippen LogP contribution in [0.2, 0.25) is 10.0 Å². The quantitative estimate of drug-likeness (QED) is 0.168. The summed E-state index contributed by atoms with van der Waals surface area (Å²) in [5.41, 5.74) is 1.49. The second kappa shape index (κ2) is 12.3. The highest BCUT2D eigenvalue weighted by Crippen LogP contribution is 2.23. The van der Waals surface area contributed by atoms with Crippen LogP contribution < -0.4 is 10.6 Å². The van der Waals surface area contributed by atoms with Gasteiger partial charge >= 0.3 is 0 Å². The van der Waals surface area contributed by atoms with Crippen molar-refractivity contribution >= 4 is 58.8 Å². The molecule has 0 spiro atoms. The molecule has 0 fully saturated rings. The van der Waals surface area contributed by atoms with Crippen molar-refractivity contribution in [3.8, 4) is 0 Å². The minimum absolute atomic E-state index is 0. The molecule has 0 bridgehead atoms. The monoisotopic (exact) mass is 562 g/mol. The number of nitrogens with zero attached hydrogens (tertiary/aromatic N) is 4. The zero-order valence-electron chi connectivity index (χ0n) is 16.6. The highest BCUT2D eigenvalue weighted by Gasteiger charge is 2.10. The Bertz CT molecular complexity index is 961. The highest BCUT2D eigenvalue weighted by atomic mass is 127. The first-order valence-corrected chi connectivity index (χ1v) is 10.3. The van der Waals surface area contributed by atoms with E-state index in [0.29, 0.717) is 28.1 Å². The van der Waals surface area contributed by atoms with Crippen LogP contribution in [0.3, 0.4) is 0 Å². The van der Waals surface area contributed by atoms with Crippen molar-refractivity contribution in [2.45, 2.75) is 25.9 Å². The molecule has 30 heavy (non-hydrogen) atoms. The van der Waals surface area contributed by atoms with E-state index >= 15 is 0 Å². The first-order valence-electron chi connectivity index (χ1n) is 9.51. The maximum absolute atomic E-state index is 10.4. The molecule has 0 saturated carbocycles. The van der Waals surface area contributed by atoms with E-state index in [4.69, 9.17) is 23.2 Å². The molecular weight excluding hydrogens is 538 g/mol. The van der Waals surface area contributed by atoms with Gasteiger partial charge in [-0.25, -0.2) is 0 Å². The number of halogens is 3. The lowest BCUT2D eigenvalue weighted by molar-refractivity contribution is 0.187. The Morgan fingerprint density at radius 3 is 2.67 bits per heavy atom. The number of aromatic nitrogens is 3. The molecule has 2 aromatic heterocycles. The van der Waals surface area contributed by atoms with E-state index in [1.54, 1.807) is 18.2 Å². The van der Waals surface area contributed by atoms with Gasteiger partial charge in [-0.1, -0.05) is 29.3 Å². The number of benzene rings is 1. The summed E-state index contributed by atoms with van der Waals surface area (Å²) in [5, 5.41) is 26.2. The van der Waals surface area contributed by atoms with Gasteiger partial charge in [-0.3, -0.25) is 9.39 Å². The fourth-order valence-corrected chi connectivity index (χ4v) is 3.45. The number of fused-ring (bicyclic) bond motifs is 1. The summed E-state index contributed by atoms with van der Waals surface area (Å²) < 4.78 is 1.99. The molecule has 1 aromatic carbocycles.